The Morgan fingerprint density at radius 3 is 2.31 bits per heavy atom. The van der Waals surface area contributed by atoms with Crippen molar-refractivity contribution in [1.29, 1.82) is 0 Å². The van der Waals surface area contributed by atoms with Crippen LogP contribution in [0.25, 0.3) is 0 Å². The number of carbonyl (C=O) groups is 1. The molecule has 94 valence electrons. The second kappa shape index (κ2) is 6.45. The van der Waals surface area contributed by atoms with Gasteiger partial charge in [-0.2, -0.15) is 0 Å². The molecule has 16 heavy (non-hydrogen) atoms. The highest BCUT2D eigenvalue weighted by Crippen LogP contribution is 2.33. The van der Waals surface area contributed by atoms with Crippen LogP contribution in [-0.2, 0) is 4.79 Å². The van der Waals surface area contributed by atoms with Crippen LogP contribution in [0, 0.1) is 5.92 Å². The van der Waals surface area contributed by atoms with Crippen LogP contribution in [0.3, 0.4) is 0 Å². The number of amides is 1. The molecule has 0 aliphatic heterocycles. The van der Waals surface area contributed by atoms with Crippen LogP contribution in [0.15, 0.2) is 0 Å². The Kier molecular flexibility index (Phi) is 5.56. The van der Waals surface area contributed by atoms with E-state index >= 15 is 0 Å². The quantitative estimate of drug-likeness (QED) is 0.797. The number of carbonyl (C=O) groups excluding carboxylic acids is 1. The summed E-state index contributed by atoms with van der Waals surface area (Å²) in [5.74, 6) is 1.11. The van der Waals surface area contributed by atoms with Gasteiger partial charge >= 0.3 is 0 Å². The van der Waals surface area contributed by atoms with Crippen LogP contribution in [0.4, 0.5) is 0 Å². The molecule has 3 nitrogen and oxygen atoms in total. The van der Waals surface area contributed by atoms with Crippen molar-refractivity contribution in [2.75, 3.05) is 0 Å². The van der Waals surface area contributed by atoms with Crippen LogP contribution in [0.1, 0.15) is 51.4 Å². The topological polar surface area (TPSA) is 55.1 Å². The van der Waals surface area contributed by atoms with Gasteiger partial charge in [0.15, 0.2) is 0 Å². The average molecular weight is 247 g/mol. The highest BCUT2D eigenvalue weighted by Gasteiger charge is 2.23. The van der Waals surface area contributed by atoms with Gasteiger partial charge in [-0.05, 0) is 38.0 Å². The number of nitrogens with two attached hydrogens (primary N) is 1. The van der Waals surface area contributed by atoms with Crippen molar-refractivity contribution in [1.82, 2.24) is 5.32 Å². The first-order valence-electron chi connectivity index (χ1n) is 6.29. The molecule has 2 fully saturated rings. The van der Waals surface area contributed by atoms with Gasteiger partial charge in [-0.1, -0.05) is 12.8 Å². The smallest absolute Gasteiger partial charge is 0.220 e. The van der Waals surface area contributed by atoms with E-state index in [1.807, 2.05) is 0 Å². The molecule has 0 unspecified atom stereocenters. The van der Waals surface area contributed by atoms with Crippen LogP contribution in [0.5, 0.6) is 0 Å². The van der Waals surface area contributed by atoms with E-state index in [0.717, 1.165) is 44.4 Å². The molecule has 1 amide bonds. The zero-order valence-corrected chi connectivity index (χ0v) is 10.6. The maximum Gasteiger partial charge on any atom is 0.220 e. The Morgan fingerprint density at radius 1 is 1.12 bits per heavy atom. The molecule has 0 aromatic carbocycles. The van der Waals surface area contributed by atoms with Crippen LogP contribution in [0.2, 0.25) is 0 Å². The van der Waals surface area contributed by atoms with E-state index in [1.54, 1.807) is 0 Å². The minimum atomic E-state index is 0. The summed E-state index contributed by atoms with van der Waals surface area (Å²) < 4.78 is 0. The molecule has 2 saturated carbocycles. The normalized spacial score (nSPS) is 29.3. The first kappa shape index (κ1) is 13.8. The maximum absolute atomic E-state index is 11.6. The van der Waals surface area contributed by atoms with E-state index < -0.39 is 0 Å². The number of nitrogens with one attached hydrogen (secondary N) is 1. The van der Waals surface area contributed by atoms with Gasteiger partial charge in [0.1, 0.15) is 0 Å². The Labute approximate surface area is 104 Å². The van der Waals surface area contributed by atoms with Crippen molar-refractivity contribution in [2.45, 2.75) is 63.5 Å². The summed E-state index contributed by atoms with van der Waals surface area (Å²) in [5, 5.41) is 3.13. The van der Waals surface area contributed by atoms with E-state index in [0.29, 0.717) is 12.1 Å². The minimum absolute atomic E-state index is 0. The lowest BCUT2D eigenvalue weighted by molar-refractivity contribution is -0.122. The van der Waals surface area contributed by atoms with E-state index in [9.17, 15) is 4.79 Å². The van der Waals surface area contributed by atoms with Crippen molar-refractivity contribution < 1.29 is 4.79 Å². The summed E-state index contributed by atoms with van der Waals surface area (Å²) in [6.45, 7) is 0. The second-order valence-corrected chi connectivity index (χ2v) is 5.16. The molecule has 4 heteroatoms. The fraction of sp³-hybridized carbons (Fsp3) is 0.917. The van der Waals surface area contributed by atoms with Gasteiger partial charge in [-0.3, -0.25) is 4.79 Å². The van der Waals surface area contributed by atoms with Crippen molar-refractivity contribution in [3.8, 4) is 0 Å². The van der Waals surface area contributed by atoms with Crippen molar-refractivity contribution in [2.24, 2.45) is 11.7 Å². The molecule has 0 heterocycles. The first-order valence-corrected chi connectivity index (χ1v) is 6.29. The average Bonchev–Trinajstić information content (AvgIpc) is 3.02. The molecule has 0 atom stereocenters. The molecule has 0 aromatic heterocycles. The van der Waals surface area contributed by atoms with E-state index in [4.69, 9.17) is 5.73 Å². The highest BCUT2D eigenvalue weighted by molar-refractivity contribution is 5.85. The number of hydrogen-bond acceptors (Lipinski definition) is 2. The van der Waals surface area contributed by atoms with Crippen LogP contribution >= 0.6 is 12.4 Å². The van der Waals surface area contributed by atoms with Crippen LogP contribution in [-0.4, -0.2) is 18.0 Å². The fourth-order valence-electron chi connectivity index (χ4n) is 2.31. The monoisotopic (exact) mass is 246 g/mol. The third kappa shape index (κ3) is 4.71. The van der Waals surface area contributed by atoms with Gasteiger partial charge in [0.05, 0.1) is 0 Å². The first-order chi connectivity index (χ1) is 7.24. The van der Waals surface area contributed by atoms with E-state index in [1.165, 1.54) is 12.8 Å². The fourth-order valence-corrected chi connectivity index (χ4v) is 2.31. The Balaban J connectivity index is 0.00000128. The molecular formula is C12H23ClN2O. The number of hydrogen-bond donors (Lipinski definition) is 2. The lowest BCUT2D eigenvalue weighted by Crippen LogP contribution is -2.40. The molecule has 2 aliphatic carbocycles. The predicted octanol–water partition coefficient (Wildman–Crippen LogP) is 1.98. The standard InChI is InChI=1S/C12H22N2O.ClH/c13-10-4-6-11(7-5-10)14-12(15)8-3-9-1-2-9;/h9-11H,1-8,13H2,(H,14,15);1H. The zero-order valence-electron chi connectivity index (χ0n) is 9.78. The number of halogens is 1. The van der Waals surface area contributed by atoms with Gasteiger partial charge in [0.25, 0.3) is 0 Å². The lowest BCUT2D eigenvalue weighted by atomic mass is 9.92. The Hall–Kier alpha value is -0.280. The molecule has 2 rings (SSSR count). The van der Waals surface area contributed by atoms with Crippen LogP contribution < -0.4 is 11.1 Å². The summed E-state index contributed by atoms with van der Waals surface area (Å²) >= 11 is 0. The molecule has 2 aliphatic rings. The van der Waals surface area contributed by atoms with E-state index in [-0.39, 0.29) is 18.3 Å². The SMILES string of the molecule is Cl.NC1CCC(NC(=O)CCC2CC2)CC1. The van der Waals surface area contributed by atoms with Crippen molar-refractivity contribution >= 4 is 18.3 Å². The minimum Gasteiger partial charge on any atom is -0.353 e. The summed E-state index contributed by atoms with van der Waals surface area (Å²) in [6, 6.07) is 0.765. The largest absolute Gasteiger partial charge is 0.353 e. The van der Waals surface area contributed by atoms with Crippen molar-refractivity contribution in [3.63, 3.8) is 0 Å². The Morgan fingerprint density at radius 2 is 1.75 bits per heavy atom. The molecule has 0 saturated heterocycles. The summed E-state index contributed by atoms with van der Waals surface area (Å²) in [4.78, 5) is 11.6. The molecular weight excluding hydrogens is 224 g/mol. The molecule has 0 radical (unpaired) electrons. The third-order valence-electron chi connectivity index (χ3n) is 3.61. The molecule has 0 spiro atoms. The van der Waals surface area contributed by atoms with Gasteiger partial charge in [0.2, 0.25) is 5.91 Å². The maximum atomic E-state index is 11.6. The van der Waals surface area contributed by atoms with Gasteiger partial charge < -0.3 is 11.1 Å². The predicted molar refractivity (Wildman–Crippen MR) is 67.6 cm³/mol. The zero-order chi connectivity index (χ0) is 10.7. The highest BCUT2D eigenvalue weighted by atomic mass is 35.5. The van der Waals surface area contributed by atoms with Gasteiger partial charge in [0, 0.05) is 18.5 Å². The Bertz CT molecular complexity index is 223. The summed E-state index contributed by atoms with van der Waals surface area (Å²) in [6.07, 6.45) is 8.76. The summed E-state index contributed by atoms with van der Waals surface area (Å²) in [5.41, 5.74) is 5.82. The third-order valence-corrected chi connectivity index (χ3v) is 3.61. The van der Waals surface area contributed by atoms with Gasteiger partial charge in [-0.15, -0.1) is 12.4 Å². The summed E-state index contributed by atoms with van der Waals surface area (Å²) in [7, 11) is 0. The number of rotatable bonds is 4. The van der Waals surface area contributed by atoms with E-state index in [2.05, 4.69) is 5.32 Å². The molecule has 3 N–H and O–H groups in total. The lowest BCUT2D eigenvalue weighted by Gasteiger charge is -2.26. The second-order valence-electron chi connectivity index (χ2n) is 5.16. The molecule has 0 aromatic rings. The molecule has 0 bridgehead atoms. The van der Waals surface area contributed by atoms with Gasteiger partial charge in [-0.25, -0.2) is 0 Å². The van der Waals surface area contributed by atoms with Crippen molar-refractivity contribution in [3.05, 3.63) is 0 Å².